The van der Waals surface area contributed by atoms with Crippen LogP contribution in [0.4, 0.5) is 0 Å². The van der Waals surface area contributed by atoms with E-state index in [0.717, 1.165) is 41.9 Å². The molecule has 1 aromatic rings. The van der Waals surface area contributed by atoms with E-state index in [1.807, 2.05) is 12.1 Å². The Hall–Kier alpha value is -1.22. The summed E-state index contributed by atoms with van der Waals surface area (Å²) in [5, 5.41) is 9.30. The third-order valence-electron chi connectivity index (χ3n) is 2.70. The zero-order valence-corrected chi connectivity index (χ0v) is 10.2. The summed E-state index contributed by atoms with van der Waals surface area (Å²) in [5.41, 5.74) is 1.98. The van der Waals surface area contributed by atoms with Gasteiger partial charge in [0.25, 0.3) is 0 Å². The Morgan fingerprint density at radius 3 is 2.44 bits per heavy atom. The van der Waals surface area contributed by atoms with Crippen molar-refractivity contribution in [1.29, 1.82) is 0 Å². The van der Waals surface area contributed by atoms with Crippen LogP contribution < -0.4 is 9.47 Å². The number of aliphatic hydroxyl groups excluding tert-OH is 1. The fourth-order valence-electron chi connectivity index (χ4n) is 1.81. The van der Waals surface area contributed by atoms with Gasteiger partial charge in [-0.05, 0) is 24.5 Å². The largest absolute Gasteiger partial charge is 0.493 e. The average Bonchev–Trinajstić information content (AvgIpc) is 2.34. The van der Waals surface area contributed by atoms with Crippen LogP contribution in [0.1, 0.15) is 30.9 Å². The second-order valence-corrected chi connectivity index (χ2v) is 3.70. The van der Waals surface area contributed by atoms with Gasteiger partial charge in [-0.3, -0.25) is 0 Å². The number of unbranched alkanes of at least 4 members (excludes halogenated alkanes) is 1. The molecular weight excluding hydrogens is 204 g/mol. The van der Waals surface area contributed by atoms with E-state index >= 15 is 0 Å². The molecule has 0 saturated carbocycles. The fraction of sp³-hybridized carbons (Fsp3) is 0.538. The Bertz CT molecular complexity index is 334. The SMILES string of the molecule is CCCCc1c(CO)ccc(OC)c1OC. The van der Waals surface area contributed by atoms with Gasteiger partial charge in [0.2, 0.25) is 0 Å². The monoisotopic (exact) mass is 224 g/mol. The number of ether oxygens (including phenoxy) is 2. The van der Waals surface area contributed by atoms with Crippen LogP contribution in [0.15, 0.2) is 12.1 Å². The molecule has 0 amide bonds. The highest BCUT2D eigenvalue weighted by Crippen LogP contribution is 2.34. The first-order valence-corrected chi connectivity index (χ1v) is 5.62. The zero-order chi connectivity index (χ0) is 12.0. The van der Waals surface area contributed by atoms with Crippen LogP contribution in [0.3, 0.4) is 0 Å². The predicted molar refractivity (Wildman–Crippen MR) is 64.1 cm³/mol. The van der Waals surface area contributed by atoms with Gasteiger partial charge in [-0.25, -0.2) is 0 Å². The Labute approximate surface area is 97.0 Å². The van der Waals surface area contributed by atoms with E-state index in [1.165, 1.54) is 0 Å². The average molecular weight is 224 g/mol. The quantitative estimate of drug-likeness (QED) is 0.807. The highest BCUT2D eigenvalue weighted by molar-refractivity contribution is 5.50. The molecule has 0 fully saturated rings. The van der Waals surface area contributed by atoms with E-state index in [2.05, 4.69) is 6.92 Å². The zero-order valence-electron chi connectivity index (χ0n) is 10.2. The topological polar surface area (TPSA) is 38.7 Å². The predicted octanol–water partition coefficient (Wildman–Crippen LogP) is 2.54. The summed E-state index contributed by atoms with van der Waals surface area (Å²) in [7, 11) is 3.26. The van der Waals surface area contributed by atoms with Gasteiger partial charge in [0.1, 0.15) is 0 Å². The lowest BCUT2D eigenvalue weighted by molar-refractivity contribution is 0.278. The lowest BCUT2D eigenvalue weighted by Crippen LogP contribution is -2.01. The van der Waals surface area contributed by atoms with Crippen LogP contribution in [0.2, 0.25) is 0 Å². The van der Waals surface area contributed by atoms with Crippen molar-refractivity contribution in [2.45, 2.75) is 32.8 Å². The van der Waals surface area contributed by atoms with Crippen molar-refractivity contribution in [3.05, 3.63) is 23.3 Å². The molecule has 90 valence electrons. The lowest BCUT2D eigenvalue weighted by Gasteiger charge is -2.15. The molecule has 16 heavy (non-hydrogen) atoms. The molecule has 1 aromatic carbocycles. The minimum atomic E-state index is 0.0411. The second-order valence-electron chi connectivity index (χ2n) is 3.70. The van der Waals surface area contributed by atoms with E-state index in [0.29, 0.717) is 0 Å². The molecule has 0 aromatic heterocycles. The van der Waals surface area contributed by atoms with E-state index in [-0.39, 0.29) is 6.61 Å². The minimum Gasteiger partial charge on any atom is -0.493 e. The summed E-state index contributed by atoms with van der Waals surface area (Å²) in [6.45, 7) is 2.19. The van der Waals surface area contributed by atoms with Crippen LogP contribution in [-0.2, 0) is 13.0 Å². The van der Waals surface area contributed by atoms with Crippen LogP contribution in [0, 0.1) is 0 Å². The first-order valence-electron chi connectivity index (χ1n) is 5.62. The van der Waals surface area contributed by atoms with Crippen molar-refractivity contribution in [2.24, 2.45) is 0 Å². The van der Waals surface area contributed by atoms with Crippen molar-refractivity contribution in [3.8, 4) is 11.5 Å². The normalized spacial score (nSPS) is 10.2. The molecule has 0 spiro atoms. The summed E-state index contributed by atoms with van der Waals surface area (Å²) in [6.07, 6.45) is 3.11. The van der Waals surface area contributed by atoms with Gasteiger partial charge in [0.05, 0.1) is 20.8 Å². The third-order valence-corrected chi connectivity index (χ3v) is 2.70. The number of rotatable bonds is 6. The molecule has 0 unspecified atom stereocenters. The van der Waals surface area contributed by atoms with E-state index in [4.69, 9.17) is 9.47 Å². The van der Waals surface area contributed by atoms with E-state index in [9.17, 15) is 5.11 Å². The van der Waals surface area contributed by atoms with Gasteiger partial charge in [0, 0.05) is 5.56 Å². The maximum Gasteiger partial charge on any atom is 0.164 e. The standard InChI is InChI=1S/C13H20O3/c1-4-5-6-11-10(9-14)7-8-12(15-2)13(11)16-3/h7-8,14H,4-6,9H2,1-3H3. The Balaban J connectivity index is 3.14. The van der Waals surface area contributed by atoms with Crippen LogP contribution in [0.5, 0.6) is 11.5 Å². The summed E-state index contributed by atoms with van der Waals surface area (Å²) in [5.74, 6) is 1.48. The first kappa shape index (κ1) is 12.8. The van der Waals surface area contributed by atoms with Gasteiger partial charge >= 0.3 is 0 Å². The lowest BCUT2D eigenvalue weighted by atomic mass is 10.0. The molecule has 0 saturated heterocycles. The van der Waals surface area contributed by atoms with Crippen molar-refractivity contribution >= 4 is 0 Å². The maximum absolute atomic E-state index is 9.30. The van der Waals surface area contributed by atoms with Crippen LogP contribution in [-0.4, -0.2) is 19.3 Å². The summed E-state index contributed by atoms with van der Waals surface area (Å²) >= 11 is 0. The number of methoxy groups -OCH3 is 2. The Kier molecular flexibility index (Phi) is 5.12. The number of hydrogen-bond acceptors (Lipinski definition) is 3. The number of aliphatic hydroxyl groups is 1. The molecule has 0 bridgehead atoms. The molecule has 0 aliphatic rings. The van der Waals surface area contributed by atoms with Gasteiger partial charge in [0.15, 0.2) is 11.5 Å². The van der Waals surface area contributed by atoms with Crippen molar-refractivity contribution in [3.63, 3.8) is 0 Å². The van der Waals surface area contributed by atoms with Crippen molar-refractivity contribution < 1.29 is 14.6 Å². The Morgan fingerprint density at radius 1 is 1.19 bits per heavy atom. The minimum absolute atomic E-state index is 0.0411. The third kappa shape index (κ3) is 2.67. The highest BCUT2D eigenvalue weighted by atomic mass is 16.5. The van der Waals surface area contributed by atoms with Gasteiger partial charge in [-0.15, -0.1) is 0 Å². The molecule has 0 heterocycles. The molecular formula is C13H20O3. The molecule has 0 atom stereocenters. The van der Waals surface area contributed by atoms with Crippen molar-refractivity contribution in [1.82, 2.24) is 0 Å². The smallest absolute Gasteiger partial charge is 0.164 e. The van der Waals surface area contributed by atoms with E-state index < -0.39 is 0 Å². The van der Waals surface area contributed by atoms with Crippen molar-refractivity contribution in [2.75, 3.05) is 14.2 Å². The maximum atomic E-state index is 9.30. The second kappa shape index (κ2) is 6.38. The first-order chi connectivity index (χ1) is 7.78. The molecule has 1 N–H and O–H groups in total. The van der Waals surface area contributed by atoms with Gasteiger partial charge in [-0.1, -0.05) is 19.4 Å². The summed E-state index contributed by atoms with van der Waals surface area (Å²) < 4.78 is 10.6. The Morgan fingerprint density at radius 2 is 1.94 bits per heavy atom. The summed E-state index contributed by atoms with van der Waals surface area (Å²) in [6, 6.07) is 3.73. The molecule has 0 aliphatic heterocycles. The van der Waals surface area contributed by atoms with Gasteiger partial charge < -0.3 is 14.6 Å². The molecule has 0 aliphatic carbocycles. The number of hydrogen-bond donors (Lipinski definition) is 1. The number of benzene rings is 1. The molecule has 3 nitrogen and oxygen atoms in total. The van der Waals surface area contributed by atoms with E-state index in [1.54, 1.807) is 14.2 Å². The van der Waals surface area contributed by atoms with Crippen LogP contribution in [0.25, 0.3) is 0 Å². The molecule has 3 heteroatoms. The van der Waals surface area contributed by atoms with Crippen LogP contribution >= 0.6 is 0 Å². The highest BCUT2D eigenvalue weighted by Gasteiger charge is 2.13. The van der Waals surface area contributed by atoms with Gasteiger partial charge in [-0.2, -0.15) is 0 Å². The molecule has 1 rings (SSSR count). The molecule has 0 radical (unpaired) electrons. The summed E-state index contributed by atoms with van der Waals surface area (Å²) in [4.78, 5) is 0. The fourth-order valence-corrected chi connectivity index (χ4v) is 1.81.